The van der Waals surface area contributed by atoms with Gasteiger partial charge in [0.25, 0.3) is 5.91 Å². The van der Waals surface area contributed by atoms with E-state index in [4.69, 9.17) is 14.2 Å². The van der Waals surface area contributed by atoms with E-state index in [1.807, 2.05) is 24.3 Å². The van der Waals surface area contributed by atoms with E-state index < -0.39 is 12.1 Å². The average Bonchev–Trinajstić information content (AvgIpc) is 3.10. The highest BCUT2D eigenvalue weighted by Gasteiger charge is 2.29. The van der Waals surface area contributed by atoms with Crippen molar-refractivity contribution in [1.29, 1.82) is 0 Å². The summed E-state index contributed by atoms with van der Waals surface area (Å²) in [6.07, 6.45) is -0.0588. The molecule has 0 bridgehead atoms. The zero-order valence-electron chi connectivity index (χ0n) is 14.8. The van der Waals surface area contributed by atoms with Gasteiger partial charge in [0.2, 0.25) is 0 Å². The number of esters is 1. The Hall–Kier alpha value is -3.02. The lowest BCUT2D eigenvalue weighted by Gasteiger charge is -2.21. The van der Waals surface area contributed by atoms with E-state index >= 15 is 0 Å². The molecule has 1 aliphatic heterocycles. The summed E-state index contributed by atoms with van der Waals surface area (Å²) in [4.78, 5) is 26.2. The van der Waals surface area contributed by atoms with E-state index in [1.165, 1.54) is 0 Å². The second-order valence-electron chi connectivity index (χ2n) is 5.96. The van der Waals surface area contributed by atoms with Gasteiger partial charge in [0.1, 0.15) is 11.5 Å². The van der Waals surface area contributed by atoms with Crippen LogP contribution in [0, 0.1) is 0 Å². The molecule has 0 unspecified atom stereocenters. The zero-order valence-corrected chi connectivity index (χ0v) is 14.8. The van der Waals surface area contributed by atoms with Crippen LogP contribution in [-0.2, 0) is 20.7 Å². The number of amides is 1. The molecular formula is C20H21NO5. The van der Waals surface area contributed by atoms with Crippen LogP contribution in [0.5, 0.6) is 11.5 Å². The SMILES string of the molecule is COc1ccc(OCC(=O)O[C@H](C)C(=O)N2CCc3ccccc32)cc1. The molecule has 6 nitrogen and oxygen atoms in total. The minimum Gasteiger partial charge on any atom is -0.497 e. The Balaban J connectivity index is 1.51. The fraction of sp³-hybridized carbons (Fsp3) is 0.300. The number of benzene rings is 2. The number of anilines is 1. The van der Waals surface area contributed by atoms with Crippen molar-refractivity contribution in [2.45, 2.75) is 19.4 Å². The molecule has 0 saturated heterocycles. The molecule has 0 N–H and O–H groups in total. The summed E-state index contributed by atoms with van der Waals surface area (Å²) < 4.78 is 15.7. The zero-order chi connectivity index (χ0) is 18.5. The number of hydrogen-bond acceptors (Lipinski definition) is 5. The quantitative estimate of drug-likeness (QED) is 0.745. The second-order valence-corrected chi connectivity index (χ2v) is 5.96. The van der Waals surface area contributed by atoms with Crippen molar-refractivity contribution < 1.29 is 23.8 Å². The van der Waals surface area contributed by atoms with Crippen LogP contribution in [0.25, 0.3) is 0 Å². The van der Waals surface area contributed by atoms with Gasteiger partial charge in [0.05, 0.1) is 7.11 Å². The van der Waals surface area contributed by atoms with Crippen LogP contribution in [0.4, 0.5) is 5.69 Å². The van der Waals surface area contributed by atoms with Gasteiger partial charge in [0, 0.05) is 12.2 Å². The number of methoxy groups -OCH3 is 1. The van der Waals surface area contributed by atoms with Crippen molar-refractivity contribution in [2.24, 2.45) is 0 Å². The van der Waals surface area contributed by atoms with Gasteiger partial charge in [-0.1, -0.05) is 18.2 Å². The third-order valence-electron chi connectivity index (χ3n) is 4.23. The summed E-state index contributed by atoms with van der Waals surface area (Å²) in [5.74, 6) is 0.405. The summed E-state index contributed by atoms with van der Waals surface area (Å²) in [6, 6.07) is 14.6. The number of rotatable bonds is 6. The van der Waals surface area contributed by atoms with Gasteiger partial charge in [-0.05, 0) is 49.2 Å². The van der Waals surface area contributed by atoms with Crippen molar-refractivity contribution in [3.05, 3.63) is 54.1 Å². The summed E-state index contributed by atoms with van der Waals surface area (Å²) in [6.45, 7) is 1.91. The Morgan fingerprint density at radius 1 is 1.08 bits per heavy atom. The van der Waals surface area contributed by atoms with Crippen LogP contribution >= 0.6 is 0 Å². The van der Waals surface area contributed by atoms with Gasteiger partial charge in [-0.15, -0.1) is 0 Å². The molecule has 0 spiro atoms. The molecule has 26 heavy (non-hydrogen) atoms. The maximum atomic E-state index is 12.6. The van der Waals surface area contributed by atoms with Gasteiger partial charge in [-0.25, -0.2) is 4.79 Å². The predicted molar refractivity (Wildman–Crippen MR) is 96.5 cm³/mol. The molecule has 1 heterocycles. The minimum absolute atomic E-state index is 0.229. The van der Waals surface area contributed by atoms with E-state index in [2.05, 4.69) is 0 Å². The summed E-state index contributed by atoms with van der Waals surface area (Å²) in [7, 11) is 1.57. The molecule has 6 heteroatoms. The number of ether oxygens (including phenoxy) is 3. The van der Waals surface area contributed by atoms with Crippen molar-refractivity contribution in [2.75, 3.05) is 25.2 Å². The van der Waals surface area contributed by atoms with Gasteiger partial charge in [0.15, 0.2) is 12.7 Å². The normalized spacial score (nSPS) is 13.7. The molecule has 1 aliphatic rings. The largest absolute Gasteiger partial charge is 0.497 e. The lowest BCUT2D eigenvalue weighted by atomic mass is 10.2. The van der Waals surface area contributed by atoms with Crippen LogP contribution in [-0.4, -0.2) is 38.2 Å². The van der Waals surface area contributed by atoms with E-state index in [9.17, 15) is 9.59 Å². The highest BCUT2D eigenvalue weighted by Crippen LogP contribution is 2.28. The van der Waals surface area contributed by atoms with Crippen LogP contribution in [0.1, 0.15) is 12.5 Å². The lowest BCUT2D eigenvalue weighted by molar-refractivity contribution is -0.155. The van der Waals surface area contributed by atoms with Crippen LogP contribution in [0.3, 0.4) is 0 Å². The van der Waals surface area contributed by atoms with E-state index in [0.29, 0.717) is 18.0 Å². The topological polar surface area (TPSA) is 65.1 Å². The number of para-hydroxylation sites is 1. The molecule has 0 fully saturated rings. The predicted octanol–water partition coefficient (Wildman–Crippen LogP) is 2.60. The third-order valence-corrected chi connectivity index (χ3v) is 4.23. The monoisotopic (exact) mass is 355 g/mol. The van der Waals surface area contributed by atoms with Crippen LogP contribution in [0.2, 0.25) is 0 Å². The number of hydrogen-bond donors (Lipinski definition) is 0. The first-order valence-corrected chi connectivity index (χ1v) is 8.44. The number of carbonyl (C=O) groups excluding carboxylic acids is 2. The van der Waals surface area contributed by atoms with Gasteiger partial charge >= 0.3 is 5.97 Å². The first-order chi connectivity index (χ1) is 12.6. The first-order valence-electron chi connectivity index (χ1n) is 8.44. The Bertz CT molecular complexity index is 787. The molecule has 1 amide bonds. The molecule has 0 aromatic heterocycles. The molecule has 2 aromatic carbocycles. The number of nitrogens with zero attached hydrogens (tertiary/aromatic N) is 1. The number of carbonyl (C=O) groups is 2. The molecule has 0 aliphatic carbocycles. The van der Waals surface area contributed by atoms with E-state index in [0.717, 1.165) is 17.7 Å². The van der Waals surface area contributed by atoms with Crippen LogP contribution in [0.15, 0.2) is 48.5 Å². The van der Waals surface area contributed by atoms with Crippen molar-refractivity contribution in [3.8, 4) is 11.5 Å². The molecule has 0 saturated carbocycles. The van der Waals surface area contributed by atoms with E-state index in [-0.39, 0.29) is 12.5 Å². The highest BCUT2D eigenvalue weighted by molar-refractivity contribution is 5.99. The van der Waals surface area contributed by atoms with Crippen molar-refractivity contribution in [1.82, 2.24) is 0 Å². The second kappa shape index (κ2) is 7.91. The fourth-order valence-corrected chi connectivity index (χ4v) is 2.88. The Kier molecular flexibility index (Phi) is 5.41. The highest BCUT2D eigenvalue weighted by atomic mass is 16.6. The fourth-order valence-electron chi connectivity index (χ4n) is 2.88. The minimum atomic E-state index is -0.867. The Labute approximate surface area is 152 Å². The molecule has 2 aromatic rings. The average molecular weight is 355 g/mol. The first kappa shape index (κ1) is 17.8. The summed E-state index contributed by atoms with van der Waals surface area (Å²) in [5.41, 5.74) is 2.01. The van der Waals surface area contributed by atoms with Gasteiger partial charge < -0.3 is 19.1 Å². The molecule has 1 atom stereocenters. The Morgan fingerprint density at radius 3 is 2.50 bits per heavy atom. The van der Waals surface area contributed by atoms with Crippen molar-refractivity contribution in [3.63, 3.8) is 0 Å². The van der Waals surface area contributed by atoms with Gasteiger partial charge in [-0.3, -0.25) is 4.79 Å². The molecular weight excluding hydrogens is 334 g/mol. The number of fused-ring (bicyclic) bond motifs is 1. The molecule has 0 radical (unpaired) electrons. The maximum Gasteiger partial charge on any atom is 0.344 e. The van der Waals surface area contributed by atoms with Gasteiger partial charge in [-0.2, -0.15) is 0 Å². The van der Waals surface area contributed by atoms with E-state index in [1.54, 1.807) is 43.2 Å². The summed E-state index contributed by atoms with van der Waals surface area (Å²) >= 11 is 0. The lowest BCUT2D eigenvalue weighted by Crippen LogP contribution is -2.39. The third kappa shape index (κ3) is 3.96. The molecule has 3 rings (SSSR count). The standard InChI is InChI=1S/C20H21NO5/c1-14(20(23)21-12-11-15-5-3-4-6-18(15)21)26-19(22)13-25-17-9-7-16(24-2)8-10-17/h3-10,14H,11-13H2,1-2H3/t14-/m1/s1. The van der Waals surface area contributed by atoms with Crippen molar-refractivity contribution >= 4 is 17.6 Å². The van der Waals surface area contributed by atoms with Crippen LogP contribution < -0.4 is 14.4 Å². The smallest absolute Gasteiger partial charge is 0.344 e. The maximum absolute atomic E-state index is 12.6. The molecule has 136 valence electrons. The summed E-state index contributed by atoms with van der Waals surface area (Å²) in [5, 5.41) is 0. The Morgan fingerprint density at radius 2 is 1.77 bits per heavy atom.